The molecule has 106 valence electrons. The van der Waals surface area contributed by atoms with E-state index in [0.717, 1.165) is 22.7 Å². The van der Waals surface area contributed by atoms with Crippen molar-refractivity contribution >= 4 is 11.3 Å². The summed E-state index contributed by atoms with van der Waals surface area (Å²) in [5.74, 6) is 0.412. The van der Waals surface area contributed by atoms with Gasteiger partial charge in [-0.2, -0.15) is 13.2 Å². The number of aromatic nitrogens is 2. The number of hydrogen-bond donors (Lipinski definition) is 0. The normalized spacial score (nSPS) is 11.6. The fourth-order valence-corrected chi connectivity index (χ4v) is 2.56. The van der Waals surface area contributed by atoms with Crippen LogP contribution in [0.25, 0.3) is 22.0 Å². The summed E-state index contributed by atoms with van der Waals surface area (Å²) in [6.45, 7) is 0. The molecule has 3 rings (SSSR count). The second kappa shape index (κ2) is 5.29. The Bertz CT molecular complexity index is 734. The lowest BCUT2D eigenvalue weighted by Crippen LogP contribution is -2.04. The van der Waals surface area contributed by atoms with Crippen LogP contribution in [0.15, 0.2) is 54.0 Å². The van der Waals surface area contributed by atoms with Crippen LogP contribution < -0.4 is 0 Å². The quantitative estimate of drug-likeness (QED) is 0.673. The molecule has 2 nitrogen and oxygen atoms in total. The molecule has 0 fully saturated rings. The van der Waals surface area contributed by atoms with Gasteiger partial charge in [0, 0.05) is 11.8 Å². The SMILES string of the molecule is FC(F)(F)c1ccc(-c2nccc(-c3cccs3)n2)cc1. The van der Waals surface area contributed by atoms with Crippen LogP contribution in [0.2, 0.25) is 0 Å². The van der Waals surface area contributed by atoms with E-state index in [4.69, 9.17) is 0 Å². The highest BCUT2D eigenvalue weighted by Gasteiger charge is 2.30. The number of nitrogens with zero attached hydrogens (tertiary/aromatic N) is 2. The first-order valence-corrected chi connectivity index (χ1v) is 6.96. The zero-order valence-corrected chi connectivity index (χ0v) is 11.4. The number of hydrogen-bond acceptors (Lipinski definition) is 3. The van der Waals surface area contributed by atoms with Crippen molar-refractivity contribution in [2.75, 3.05) is 0 Å². The van der Waals surface area contributed by atoms with Crippen LogP contribution in [-0.4, -0.2) is 9.97 Å². The lowest BCUT2D eigenvalue weighted by molar-refractivity contribution is -0.137. The third kappa shape index (κ3) is 2.95. The van der Waals surface area contributed by atoms with Gasteiger partial charge in [-0.25, -0.2) is 9.97 Å². The zero-order chi connectivity index (χ0) is 14.9. The Morgan fingerprint density at radius 3 is 2.33 bits per heavy atom. The predicted octanol–water partition coefficient (Wildman–Crippen LogP) is 4.89. The number of benzene rings is 1. The average molecular weight is 306 g/mol. The highest BCUT2D eigenvalue weighted by molar-refractivity contribution is 7.13. The Morgan fingerprint density at radius 2 is 1.71 bits per heavy atom. The molecule has 0 N–H and O–H groups in total. The van der Waals surface area contributed by atoms with E-state index in [0.29, 0.717) is 11.4 Å². The zero-order valence-electron chi connectivity index (χ0n) is 10.6. The van der Waals surface area contributed by atoms with E-state index in [1.54, 1.807) is 23.6 Å². The minimum atomic E-state index is -4.34. The lowest BCUT2D eigenvalue weighted by Gasteiger charge is -2.07. The van der Waals surface area contributed by atoms with Crippen molar-refractivity contribution in [1.29, 1.82) is 0 Å². The van der Waals surface area contributed by atoms with Crippen LogP contribution >= 0.6 is 11.3 Å². The van der Waals surface area contributed by atoms with Crippen molar-refractivity contribution in [3.05, 3.63) is 59.6 Å². The minimum Gasteiger partial charge on any atom is -0.237 e. The van der Waals surface area contributed by atoms with E-state index in [1.165, 1.54) is 12.1 Å². The van der Waals surface area contributed by atoms with Crippen molar-refractivity contribution in [3.63, 3.8) is 0 Å². The largest absolute Gasteiger partial charge is 0.416 e. The van der Waals surface area contributed by atoms with Gasteiger partial charge in [0.15, 0.2) is 5.82 Å². The molecule has 0 amide bonds. The number of alkyl halides is 3. The molecule has 0 radical (unpaired) electrons. The molecular formula is C15H9F3N2S. The monoisotopic (exact) mass is 306 g/mol. The van der Waals surface area contributed by atoms with Gasteiger partial charge >= 0.3 is 6.18 Å². The first kappa shape index (κ1) is 13.8. The maximum atomic E-state index is 12.5. The van der Waals surface area contributed by atoms with Crippen LogP contribution in [0.5, 0.6) is 0 Å². The molecule has 0 saturated carbocycles. The van der Waals surface area contributed by atoms with Crippen molar-refractivity contribution in [1.82, 2.24) is 9.97 Å². The maximum Gasteiger partial charge on any atom is 0.416 e. The fraction of sp³-hybridized carbons (Fsp3) is 0.0667. The van der Waals surface area contributed by atoms with E-state index in [-0.39, 0.29) is 0 Å². The van der Waals surface area contributed by atoms with Gasteiger partial charge in [-0.15, -0.1) is 11.3 Å². The third-order valence-electron chi connectivity index (χ3n) is 2.90. The molecular weight excluding hydrogens is 297 g/mol. The van der Waals surface area contributed by atoms with E-state index < -0.39 is 11.7 Å². The standard InChI is InChI=1S/C15H9F3N2S/c16-15(17,18)11-5-3-10(4-6-11)14-19-8-7-12(20-14)13-2-1-9-21-13/h1-9H. The van der Waals surface area contributed by atoms with Gasteiger partial charge < -0.3 is 0 Å². The van der Waals surface area contributed by atoms with Crippen molar-refractivity contribution < 1.29 is 13.2 Å². The minimum absolute atomic E-state index is 0.412. The number of rotatable bonds is 2. The number of thiophene rings is 1. The molecule has 1 aromatic carbocycles. The summed E-state index contributed by atoms with van der Waals surface area (Å²) in [5, 5.41) is 1.94. The molecule has 0 bridgehead atoms. The van der Waals surface area contributed by atoms with Crippen LogP contribution in [0.4, 0.5) is 13.2 Å². The van der Waals surface area contributed by atoms with Gasteiger partial charge in [-0.1, -0.05) is 18.2 Å². The second-order valence-electron chi connectivity index (χ2n) is 4.32. The first-order chi connectivity index (χ1) is 10.0. The predicted molar refractivity (Wildman–Crippen MR) is 75.8 cm³/mol. The molecule has 21 heavy (non-hydrogen) atoms. The average Bonchev–Trinajstić information content (AvgIpc) is 3.01. The first-order valence-electron chi connectivity index (χ1n) is 6.08. The summed E-state index contributed by atoms with van der Waals surface area (Å²) in [4.78, 5) is 9.51. The van der Waals surface area contributed by atoms with Gasteiger partial charge in [-0.3, -0.25) is 0 Å². The van der Waals surface area contributed by atoms with Crippen molar-refractivity contribution in [3.8, 4) is 22.0 Å². The number of halogens is 3. The van der Waals surface area contributed by atoms with Crippen LogP contribution in [0, 0.1) is 0 Å². The van der Waals surface area contributed by atoms with Crippen LogP contribution in [0.1, 0.15) is 5.56 Å². The Morgan fingerprint density at radius 1 is 0.952 bits per heavy atom. The van der Waals surface area contributed by atoms with E-state index in [1.807, 2.05) is 17.5 Å². The van der Waals surface area contributed by atoms with E-state index >= 15 is 0 Å². The summed E-state index contributed by atoms with van der Waals surface area (Å²) in [6.07, 6.45) is -2.73. The molecule has 0 unspecified atom stereocenters. The smallest absolute Gasteiger partial charge is 0.237 e. The van der Waals surface area contributed by atoms with Crippen molar-refractivity contribution in [2.24, 2.45) is 0 Å². The highest BCUT2D eigenvalue weighted by atomic mass is 32.1. The van der Waals surface area contributed by atoms with Gasteiger partial charge in [0.25, 0.3) is 0 Å². The third-order valence-corrected chi connectivity index (χ3v) is 3.79. The van der Waals surface area contributed by atoms with Crippen LogP contribution in [0.3, 0.4) is 0 Å². The molecule has 2 aromatic heterocycles. The van der Waals surface area contributed by atoms with Crippen LogP contribution in [-0.2, 0) is 6.18 Å². The summed E-state index contributed by atoms with van der Waals surface area (Å²) >= 11 is 1.55. The summed E-state index contributed by atoms with van der Waals surface area (Å²) < 4.78 is 37.6. The van der Waals surface area contributed by atoms with Gasteiger partial charge in [0.05, 0.1) is 16.1 Å². The summed E-state index contributed by atoms with van der Waals surface area (Å²) in [5.41, 5.74) is 0.636. The molecule has 0 aliphatic carbocycles. The lowest BCUT2D eigenvalue weighted by atomic mass is 10.1. The summed E-state index contributed by atoms with van der Waals surface area (Å²) in [7, 11) is 0. The molecule has 0 aliphatic rings. The van der Waals surface area contributed by atoms with Gasteiger partial charge in [-0.05, 0) is 29.6 Å². The molecule has 0 spiro atoms. The second-order valence-corrected chi connectivity index (χ2v) is 5.27. The Balaban J connectivity index is 1.96. The molecule has 0 atom stereocenters. The van der Waals surface area contributed by atoms with Crippen molar-refractivity contribution in [2.45, 2.75) is 6.18 Å². The highest BCUT2D eigenvalue weighted by Crippen LogP contribution is 2.31. The fourth-order valence-electron chi connectivity index (χ4n) is 1.87. The Kier molecular flexibility index (Phi) is 3.47. The topological polar surface area (TPSA) is 25.8 Å². The Labute approximate surface area is 122 Å². The molecule has 0 aliphatic heterocycles. The molecule has 0 saturated heterocycles. The van der Waals surface area contributed by atoms with Gasteiger partial charge in [0.1, 0.15) is 0 Å². The molecule has 3 aromatic rings. The van der Waals surface area contributed by atoms with E-state index in [2.05, 4.69) is 9.97 Å². The molecule has 2 heterocycles. The maximum absolute atomic E-state index is 12.5. The molecule has 6 heteroatoms. The Hall–Kier alpha value is -2.21. The van der Waals surface area contributed by atoms with Gasteiger partial charge in [0.2, 0.25) is 0 Å². The summed E-state index contributed by atoms with van der Waals surface area (Å²) in [6, 6.07) is 10.5. The van der Waals surface area contributed by atoms with E-state index in [9.17, 15) is 13.2 Å².